The van der Waals surface area contributed by atoms with E-state index in [4.69, 9.17) is 9.47 Å². The van der Waals surface area contributed by atoms with Crippen LogP contribution in [0.15, 0.2) is 0 Å². The molecule has 0 aromatic carbocycles. The Bertz CT molecular complexity index is 322. The number of nitrogens with zero attached hydrogens (tertiary/aromatic N) is 1. The first-order valence-electron chi connectivity index (χ1n) is 5.43. The predicted molar refractivity (Wildman–Crippen MR) is 62.5 cm³/mol. The summed E-state index contributed by atoms with van der Waals surface area (Å²) >= 11 is 0. The molecule has 0 rings (SSSR count). The van der Waals surface area contributed by atoms with E-state index in [1.165, 1.54) is 0 Å². The summed E-state index contributed by atoms with van der Waals surface area (Å²) in [7, 11) is 0. The van der Waals surface area contributed by atoms with Crippen LogP contribution < -0.4 is 0 Å². The molecule has 0 atom stereocenters. The molecular formula is C11H19NO6. The van der Waals surface area contributed by atoms with E-state index in [1.54, 1.807) is 41.5 Å². The van der Waals surface area contributed by atoms with E-state index < -0.39 is 34.1 Å². The fraction of sp³-hybridized carbons (Fsp3) is 0.818. The molecule has 0 aliphatic rings. The molecular weight excluding hydrogens is 242 g/mol. The molecule has 0 aromatic heterocycles. The van der Waals surface area contributed by atoms with Gasteiger partial charge in [0.05, 0.1) is 0 Å². The fourth-order valence-electron chi connectivity index (χ4n) is 0.984. The van der Waals surface area contributed by atoms with Crippen LogP contribution in [-0.2, 0) is 19.1 Å². The molecule has 7 nitrogen and oxygen atoms in total. The van der Waals surface area contributed by atoms with Crippen molar-refractivity contribution in [2.75, 3.05) is 0 Å². The van der Waals surface area contributed by atoms with Crippen molar-refractivity contribution < 1.29 is 24.0 Å². The average Bonchev–Trinajstić information content (AvgIpc) is 1.93. The van der Waals surface area contributed by atoms with Gasteiger partial charge in [-0.1, -0.05) is 0 Å². The Kier molecular flexibility index (Phi) is 4.83. The van der Waals surface area contributed by atoms with E-state index in [0.29, 0.717) is 0 Å². The lowest BCUT2D eigenvalue weighted by atomic mass is 10.1. The van der Waals surface area contributed by atoms with Gasteiger partial charge < -0.3 is 9.47 Å². The number of esters is 2. The van der Waals surface area contributed by atoms with Crippen molar-refractivity contribution in [1.29, 1.82) is 0 Å². The third kappa shape index (κ3) is 6.17. The molecule has 18 heavy (non-hydrogen) atoms. The van der Waals surface area contributed by atoms with Crippen molar-refractivity contribution in [3.05, 3.63) is 10.1 Å². The zero-order chi connectivity index (χ0) is 14.7. The number of ether oxygens (including phenoxy) is 2. The maximum atomic E-state index is 11.6. The highest BCUT2D eigenvalue weighted by Gasteiger charge is 2.44. The summed E-state index contributed by atoms with van der Waals surface area (Å²) in [4.78, 5) is 32.9. The minimum absolute atomic E-state index is 0.909. The topological polar surface area (TPSA) is 95.7 Å². The van der Waals surface area contributed by atoms with E-state index in [9.17, 15) is 19.7 Å². The molecule has 0 spiro atoms. The summed E-state index contributed by atoms with van der Waals surface area (Å²) in [5, 5.41) is 10.8. The third-order valence-corrected chi connectivity index (χ3v) is 1.47. The molecule has 0 N–H and O–H groups in total. The molecule has 7 heteroatoms. The summed E-state index contributed by atoms with van der Waals surface area (Å²) in [5.41, 5.74) is -1.82. The summed E-state index contributed by atoms with van der Waals surface area (Å²) in [6, 6.07) is -2.15. The van der Waals surface area contributed by atoms with Crippen LogP contribution in [0.3, 0.4) is 0 Å². The second-order valence-corrected chi connectivity index (χ2v) is 5.75. The van der Waals surface area contributed by atoms with Crippen LogP contribution in [-0.4, -0.2) is 34.1 Å². The maximum Gasteiger partial charge on any atom is 0.402 e. The Hall–Kier alpha value is -1.66. The van der Waals surface area contributed by atoms with Gasteiger partial charge in [0.25, 0.3) is 0 Å². The SMILES string of the molecule is CC(C)(C)OC(=O)C(C(=O)OC(C)(C)C)[N+](=O)[O-]. The van der Waals surface area contributed by atoms with Gasteiger partial charge in [-0.15, -0.1) is 0 Å². The molecule has 0 aromatic rings. The molecule has 0 bridgehead atoms. The number of hydrogen-bond acceptors (Lipinski definition) is 6. The minimum Gasteiger partial charge on any atom is -0.454 e. The van der Waals surface area contributed by atoms with Crippen molar-refractivity contribution >= 4 is 11.9 Å². The molecule has 0 heterocycles. The van der Waals surface area contributed by atoms with Gasteiger partial charge in [0.2, 0.25) is 0 Å². The smallest absolute Gasteiger partial charge is 0.402 e. The largest absolute Gasteiger partial charge is 0.454 e. The zero-order valence-corrected chi connectivity index (χ0v) is 11.5. The molecule has 0 fully saturated rings. The molecule has 104 valence electrons. The molecule has 0 saturated carbocycles. The van der Waals surface area contributed by atoms with E-state index in [-0.39, 0.29) is 0 Å². The van der Waals surface area contributed by atoms with Gasteiger partial charge in [-0.3, -0.25) is 10.1 Å². The number of carbonyl (C=O) groups excluding carboxylic acids is 2. The van der Waals surface area contributed by atoms with Crippen LogP contribution in [0.1, 0.15) is 41.5 Å². The molecule has 0 aliphatic carbocycles. The average molecular weight is 261 g/mol. The van der Waals surface area contributed by atoms with Crippen LogP contribution in [0.25, 0.3) is 0 Å². The lowest BCUT2D eigenvalue weighted by Crippen LogP contribution is -2.45. The standard InChI is InChI=1S/C11H19NO6/c1-10(2,3)17-8(13)7(12(15)16)9(14)18-11(4,5)6/h7H,1-6H3. The second-order valence-electron chi connectivity index (χ2n) is 5.75. The lowest BCUT2D eigenvalue weighted by Gasteiger charge is -2.22. The fourth-order valence-corrected chi connectivity index (χ4v) is 0.984. The summed E-state index contributed by atoms with van der Waals surface area (Å²) in [6.07, 6.45) is 0. The van der Waals surface area contributed by atoms with Crippen LogP contribution in [0.4, 0.5) is 0 Å². The lowest BCUT2D eigenvalue weighted by molar-refractivity contribution is -0.500. The highest BCUT2D eigenvalue weighted by molar-refractivity contribution is 5.97. The van der Waals surface area contributed by atoms with E-state index >= 15 is 0 Å². The number of hydrogen-bond donors (Lipinski definition) is 0. The summed E-state index contributed by atoms with van der Waals surface area (Å²) in [6.45, 7) is 9.32. The monoisotopic (exact) mass is 261 g/mol. The van der Waals surface area contributed by atoms with Gasteiger partial charge in [-0.2, -0.15) is 0 Å². The van der Waals surface area contributed by atoms with E-state index in [0.717, 1.165) is 0 Å². The highest BCUT2D eigenvalue weighted by Crippen LogP contribution is 2.13. The van der Waals surface area contributed by atoms with Gasteiger partial charge in [0.1, 0.15) is 11.2 Å². The van der Waals surface area contributed by atoms with Crippen LogP contribution in [0.5, 0.6) is 0 Å². The van der Waals surface area contributed by atoms with Crippen molar-refractivity contribution in [2.45, 2.75) is 58.8 Å². The molecule has 0 unspecified atom stereocenters. The van der Waals surface area contributed by atoms with Gasteiger partial charge in [0.15, 0.2) is 0 Å². The van der Waals surface area contributed by atoms with Crippen molar-refractivity contribution in [3.8, 4) is 0 Å². The van der Waals surface area contributed by atoms with Gasteiger partial charge in [-0.25, -0.2) is 9.59 Å². The summed E-state index contributed by atoms with van der Waals surface area (Å²) in [5.74, 6) is -2.44. The number of carbonyl (C=O) groups is 2. The molecule has 0 aliphatic heterocycles. The first-order valence-corrected chi connectivity index (χ1v) is 5.43. The Morgan fingerprint density at radius 3 is 1.39 bits per heavy atom. The Labute approximate surface area is 106 Å². The van der Waals surface area contributed by atoms with Crippen LogP contribution in [0.2, 0.25) is 0 Å². The summed E-state index contributed by atoms with van der Waals surface area (Å²) < 4.78 is 9.63. The zero-order valence-electron chi connectivity index (χ0n) is 11.5. The molecule has 0 radical (unpaired) electrons. The molecule has 0 saturated heterocycles. The first-order chi connectivity index (χ1) is 7.83. The van der Waals surface area contributed by atoms with Crippen LogP contribution >= 0.6 is 0 Å². The normalized spacial score (nSPS) is 12.2. The Balaban J connectivity index is 4.93. The third-order valence-electron chi connectivity index (χ3n) is 1.47. The molecule has 0 amide bonds. The highest BCUT2D eigenvalue weighted by atomic mass is 16.7. The van der Waals surface area contributed by atoms with Crippen molar-refractivity contribution in [3.63, 3.8) is 0 Å². The van der Waals surface area contributed by atoms with Gasteiger partial charge in [-0.05, 0) is 41.5 Å². The van der Waals surface area contributed by atoms with Crippen LogP contribution in [0, 0.1) is 10.1 Å². The van der Waals surface area contributed by atoms with E-state index in [1.807, 2.05) is 0 Å². The van der Waals surface area contributed by atoms with Gasteiger partial charge in [0, 0.05) is 4.92 Å². The predicted octanol–water partition coefficient (Wildman–Crippen LogP) is 1.32. The quantitative estimate of drug-likeness (QED) is 0.329. The second kappa shape index (κ2) is 5.32. The van der Waals surface area contributed by atoms with Crippen molar-refractivity contribution in [2.24, 2.45) is 0 Å². The maximum absolute atomic E-state index is 11.6. The Morgan fingerprint density at radius 2 is 1.22 bits per heavy atom. The minimum atomic E-state index is -2.15. The van der Waals surface area contributed by atoms with E-state index in [2.05, 4.69) is 0 Å². The number of nitro groups is 1. The van der Waals surface area contributed by atoms with Gasteiger partial charge >= 0.3 is 18.0 Å². The number of rotatable bonds is 3. The first kappa shape index (κ1) is 16.3. The van der Waals surface area contributed by atoms with Crippen molar-refractivity contribution in [1.82, 2.24) is 0 Å². The Morgan fingerprint density at radius 1 is 0.944 bits per heavy atom.